The van der Waals surface area contributed by atoms with Gasteiger partial charge in [0.25, 0.3) is 0 Å². The summed E-state index contributed by atoms with van der Waals surface area (Å²) in [6.45, 7) is 3.37. The van der Waals surface area contributed by atoms with Crippen molar-refractivity contribution in [1.82, 2.24) is 14.2 Å². The Bertz CT molecular complexity index is 1200. The van der Waals surface area contributed by atoms with Gasteiger partial charge in [0.1, 0.15) is 6.04 Å². The van der Waals surface area contributed by atoms with Crippen LogP contribution in [0.2, 0.25) is 0 Å². The molecule has 164 valence electrons. The van der Waals surface area contributed by atoms with E-state index in [1.165, 1.54) is 0 Å². The van der Waals surface area contributed by atoms with E-state index in [0.29, 0.717) is 30.2 Å². The Kier molecular flexibility index (Phi) is 6.02. The number of sulfonamides is 1. The zero-order chi connectivity index (χ0) is 22.0. The van der Waals surface area contributed by atoms with E-state index < -0.39 is 16.1 Å². The Balaban J connectivity index is 1.51. The molecule has 1 amide bonds. The van der Waals surface area contributed by atoms with Gasteiger partial charge in [-0.3, -0.25) is 4.79 Å². The Hall–Kier alpha value is -2.84. The Labute approximate surface area is 182 Å². The maximum atomic E-state index is 13.0. The van der Waals surface area contributed by atoms with Gasteiger partial charge in [-0.05, 0) is 61.7 Å². The maximum absolute atomic E-state index is 13.0. The molecule has 31 heavy (non-hydrogen) atoms. The lowest BCUT2D eigenvalue weighted by atomic mass is 10.2. The predicted octanol–water partition coefficient (Wildman–Crippen LogP) is 3.28. The summed E-state index contributed by atoms with van der Waals surface area (Å²) in [5.41, 5.74) is 8.21. The lowest BCUT2D eigenvalue weighted by molar-refractivity contribution is -0.123. The first-order valence-electron chi connectivity index (χ1n) is 10.6. The summed E-state index contributed by atoms with van der Waals surface area (Å²) in [6.07, 6.45) is 4.71. The average molecular weight is 441 g/mol. The molecule has 3 N–H and O–H groups in total. The summed E-state index contributed by atoms with van der Waals surface area (Å²) in [6, 6.07) is 13.9. The fourth-order valence-electron chi connectivity index (χ4n) is 4.06. The van der Waals surface area contributed by atoms with Gasteiger partial charge in [-0.25, -0.2) is 8.42 Å². The molecule has 0 radical (unpaired) electrons. The van der Waals surface area contributed by atoms with Crippen molar-refractivity contribution in [3.8, 4) is 0 Å². The zero-order valence-electron chi connectivity index (χ0n) is 17.6. The normalized spacial score (nSPS) is 16.3. The summed E-state index contributed by atoms with van der Waals surface area (Å²) < 4.78 is 29.4. The van der Waals surface area contributed by atoms with Gasteiger partial charge in [0.15, 0.2) is 0 Å². The van der Waals surface area contributed by atoms with Gasteiger partial charge in [-0.15, -0.1) is 0 Å². The Morgan fingerprint density at radius 1 is 1.10 bits per heavy atom. The van der Waals surface area contributed by atoms with Crippen molar-refractivity contribution in [2.45, 2.75) is 43.7 Å². The summed E-state index contributed by atoms with van der Waals surface area (Å²) in [5.74, 6) is -0.120. The number of rotatable bonds is 6. The third kappa shape index (κ3) is 4.45. The third-order valence-electron chi connectivity index (χ3n) is 5.86. The lowest BCUT2D eigenvalue weighted by Crippen LogP contribution is -2.35. The predicted molar refractivity (Wildman–Crippen MR) is 122 cm³/mol. The first-order chi connectivity index (χ1) is 14.9. The van der Waals surface area contributed by atoms with E-state index in [2.05, 4.69) is 5.32 Å². The number of nitrogen functional groups attached to an aromatic ring is 1. The van der Waals surface area contributed by atoms with Gasteiger partial charge in [-0.2, -0.15) is 4.31 Å². The van der Waals surface area contributed by atoms with Crippen LogP contribution in [0.3, 0.4) is 0 Å². The van der Waals surface area contributed by atoms with E-state index in [0.717, 1.165) is 35.7 Å². The minimum Gasteiger partial charge on any atom is -0.399 e. The molecule has 0 bridgehead atoms. The third-order valence-corrected chi connectivity index (χ3v) is 7.75. The van der Waals surface area contributed by atoms with E-state index in [1.54, 1.807) is 28.6 Å². The van der Waals surface area contributed by atoms with Crippen LogP contribution < -0.4 is 11.1 Å². The number of anilines is 1. The fourth-order valence-corrected chi connectivity index (χ4v) is 5.61. The molecule has 1 aliphatic rings. The molecule has 1 unspecified atom stereocenters. The second kappa shape index (κ2) is 8.72. The van der Waals surface area contributed by atoms with Crippen LogP contribution in [0.1, 0.15) is 37.8 Å². The van der Waals surface area contributed by atoms with Crippen LogP contribution in [-0.4, -0.2) is 36.3 Å². The van der Waals surface area contributed by atoms with Crippen molar-refractivity contribution in [2.75, 3.05) is 18.8 Å². The van der Waals surface area contributed by atoms with Gasteiger partial charge >= 0.3 is 0 Å². The smallest absolute Gasteiger partial charge is 0.243 e. The standard InChI is InChI=1S/C23H28N4O3S/c1-17(23(28)25-16-18-6-5-7-20(24)14-18)27-13-10-19-15-21(8-9-22(19)27)31(29,30)26-11-3-2-4-12-26/h5-10,13-15,17H,2-4,11-12,16,24H2,1H3,(H,25,28). The van der Waals surface area contributed by atoms with E-state index in [-0.39, 0.29) is 5.91 Å². The number of carbonyl (C=O) groups excluding carboxylic acids is 1. The fraction of sp³-hybridized carbons (Fsp3) is 0.348. The largest absolute Gasteiger partial charge is 0.399 e. The maximum Gasteiger partial charge on any atom is 0.243 e. The summed E-state index contributed by atoms with van der Waals surface area (Å²) >= 11 is 0. The van der Waals surface area contributed by atoms with E-state index in [9.17, 15) is 13.2 Å². The summed E-state index contributed by atoms with van der Waals surface area (Å²) in [4.78, 5) is 13.0. The highest BCUT2D eigenvalue weighted by atomic mass is 32.2. The molecule has 1 aliphatic heterocycles. The number of nitrogens with zero attached hydrogens (tertiary/aromatic N) is 2. The molecule has 1 fully saturated rings. The molecular formula is C23H28N4O3S. The second-order valence-electron chi connectivity index (χ2n) is 8.05. The van der Waals surface area contributed by atoms with Crippen molar-refractivity contribution >= 4 is 32.5 Å². The molecule has 8 heteroatoms. The zero-order valence-corrected chi connectivity index (χ0v) is 18.4. The number of fused-ring (bicyclic) bond motifs is 1. The highest BCUT2D eigenvalue weighted by Gasteiger charge is 2.26. The van der Waals surface area contributed by atoms with Crippen molar-refractivity contribution in [1.29, 1.82) is 0 Å². The first-order valence-corrected chi connectivity index (χ1v) is 12.0. The SMILES string of the molecule is CC(C(=O)NCc1cccc(N)c1)n1ccc2cc(S(=O)(=O)N3CCCCC3)ccc21. The van der Waals surface area contributed by atoms with Gasteiger partial charge in [0.2, 0.25) is 15.9 Å². The van der Waals surface area contributed by atoms with Crippen molar-refractivity contribution in [3.05, 3.63) is 60.3 Å². The van der Waals surface area contributed by atoms with Crippen LogP contribution in [0.15, 0.2) is 59.6 Å². The van der Waals surface area contributed by atoms with E-state index >= 15 is 0 Å². The number of nitrogens with two attached hydrogens (primary N) is 1. The quantitative estimate of drug-likeness (QED) is 0.575. The van der Waals surface area contributed by atoms with Crippen LogP contribution in [0, 0.1) is 0 Å². The lowest BCUT2D eigenvalue weighted by Gasteiger charge is -2.26. The van der Waals surface area contributed by atoms with Crippen LogP contribution in [-0.2, 0) is 21.4 Å². The summed E-state index contributed by atoms with van der Waals surface area (Å²) in [5, 5.41) is 3.74. The number of benzene rings is 2. The highest BCUT2D eigenvalue weighted by Crippen LogP contribution is 2.26. The molecular weight excluding hydrogens is 412 g/mol. The highest BCUT2D eigenvalue weighted by molar-refractivity contribution is 7.89. The molecule has 1 atom stereocenters. The molecule has 4 rings (SSSR count). The average Bonchev–Trinajstić information content (AvgIpc) is 3.21. The number of aromatic nitrogens is 1. The first kappa shape index (κ1) is 21.4. The molecule has 2 heterocycles. The molecule has 7 nitrogen and oxygen atoms in total. The van der Waals surface area contributed by atoms with Crippen LogP contribution in [0.4, 0.5) is 5.69 Å². The number of hydrogen-bond donors (Lipinski definition) is 2. The van der Waals surface area contributed by atoms with Crippen molar-refractivity contribution < 1.29 is 13.2 Å². The Morgan fingerprint density at radius 3 is 2.61 bits per heavy atom. The second-order valence-corrected chi connectivity index (χ2v) is 9.99. The minimum absolute atomic E-state index is 0.120. The number of piperidine rings is 1. The molecule has 1 aromatic heterocycles. The molecule has 0 spiro atoms. The van der Waals surface area contributed by atoms with Gasteiger partial charge in [0.05, 0.1) is 4.90 Å². The van der Waals surface area contributed by atoms with E-state index in [1.807, 2.05) is 42.0 Å². The molecule has 0 aliphatic carbocycles. The topological polar surface area (TPSA) is 97.4 Å². The number of nitrogens with one attached hydrogen (secondary N) is 1. The number of hydrogen-bond acceptors (Lipinski definition) is 4. The van der Waals surface area contributed by atoms with Gasteiger partial charge in [-0.1, -0.05) is 18.6 Å². The van der Waals surface area contributed by atoms with Crippen LogP contribution >= 0.6 is 0 Å². The molecule has 1 saturated heterocycles. The van der Waals surface area contributed by atoms with E-state index in [4.69, 9.17) is 5.73 Å². The van der Waals surface area contributed by atoms with Crippen molar-refractivity contribution in [3.63, 3.8) is 0 Å². The summed E-state index contributed by atoms with van der Waals surface area (Å²) in [7, 11) is -3.49. The number of carbonyl (C=O) groups is 1. The monoisotopic (exact) mass is 440 g/mol. The number of amides is 1. The van der Waals surface area contributed by atoms with Crippen molar-refractivity contribution in [2.24, 2.45) is 0 Å². The van der Waals surface area contributed by atoms with Crippen LogP contribution in [0.5, 0.6) is 0 Å². The van der Waals surface area contributed by atoms with Gasteiger partial charge in [0, 0.05) is 42.4 Å². The molecule has 2 aromatic carbocycles. The minimum atomic E-state index is -3.49. The van der Waals surface area contributed by atoms with Crippen LogP contribution in [0.25, 0.3) is 10.9 Å². The molecule has 3 aromatic rings. The van der Waals surface area contributed by atoms with Gasteiger partial charge < -0.3 is 15.6 Å². The molecule has 0 saturated carbocycles. The Morgan fingerprint density at radius 2 is 1.87 bits per heavy atom.